The van der Waals surface area contributed by atoms with Gasteiger partial charge < -0.3 is 0 Å². The van der Waals surface area contributed by atoms with Gasteiger partial charge in [-0.15, -0.1) is 0 Å². The Balaban J connectivity index is 2.08. The molecular weight excluding hydrogens is 390 g/mol. The van der Waals surface area contributed by atoms with E-state index in [1.54, 1.807) is 36.4 Å². The van der Waals surface area contributed by atoms with Gasteiger partial charge in [0.15, 0.2) is 0 Å². The number of benzene rings is 2. The monoisotopic (exact) mass is 417 g/mol. The van der Waals surface area contributed by atoms with Gasteiger partial charge >= 0.3 is 0 Å². The second-order valence-electron chi connectivity index (χ2n) is 7.43. The molecule has 29 heavy (non-hydrogen) atoms. The standard InChI is InChI=1S/C21H27N3O4S/c1-14(2)13-19(24-29(27,28)18-11-7-16(4)8-12-18)21(26)23-22-20(25)17-9-5-15(3)6-10-17/h5-12,14,19,24H,13H2,1-4H3,(H,22,25)(H,23,26)/t19-/m1/s1. The molecule has 0 unspecified atom stereocenters. The third-order valence-corrected chi connectivity index (χ3v) is 5.75. The van der Waals surface area contributed by atoms with E-state index < -0.39 is 27.9 Å². The molecule has 0 bridgehead atoms. The third kappa shape index (κ3) is 6.69. The molecule has 0 saturated carbocycles. The number of rotatable bonds is 7. The van der Waals surface area contributed by atoms with Crippen molar-refractivity contribution in [2.75, 3.05) is 0 Å². The Morgan fingerprint density at radius 3 is 1.90 bits per heavy atom. The number of hydrogen-bond donors (Lipinski definition) is 3. The van der Waals surface area contributed by atoms with Crippen LogP contribution >= 0.6 is 0 Å². The molecule has 0 saturated heterocycles. The van der Waals surface area contributed by atoms with Crippen molar-refractivity contribution in [2.45, 2.75) is 45.1 Å². The summed E-state index contributed by atoms with van der Waals surface area (Å²) in [6, 6.07) is 12.2. The summed E-state index contributed by atoms with van der Waals surface area (Å²) in [5.41, 5.74) is 6.97. The summed E-state index contributed by atoms with van der Waals surface area (Å²) in [6.07, 6.45) is 0.275. The van der Waals surface area contributed by atoms with Gasteiger partial charge in [-0.3, -0.25) is 20.4 Å². The molecule has 0 heterocycles. The van der Waals surface area contributed by atoms with E-state index in [2.05, 4.69) is 15.6 Å². The second-order valence-corrected chi connectivity index (χ2v) is 9.14. The molecule has 0 radical (unpaired) electrons. The zero-order valence-corrected chi connectivity index (χ0v) is 17.8. The number of hydrogen-bond acceptors (Lipinski definition) is 4. The number of carbonyl (C=O) groups is 2. The SMILES string of the molecule is Cc1ccc(C(=O)NNC(=O)[C@@H](CC(C)C)NS(=O)(=O)c2ccc(C)cc2)cc1. The molecule has 2 rings (SSSR count). The molecular formula is C21H27N3O4S. The summed E-state index contributed by atoms with van der Waals surface area (Å²) in [7, 11) is -3.89. The van der Waals surface area contributed by atoms with E-state index in [9.17, 15) is 18.0 Å². The lowest BCUT2D eigenvalue weighted by Gasteiger charge is -2.20. The highest BCUT2D eigenvalue weighted by Crippen LogP contribution is 2.13. The van der Waals surface area contributed by atoms with Crippen molar-refractivity contribution in [3.63, 3.8) is 0 Å². The zero-order valence-electron chi connectivity index (χ0n) is 17.0. The molecule has 8 heteroatoms. The molecule has 0 fully saturated rings. The summed E-state index contributed by atoms with van der Waals surface area (Å²) in [5.74, 6) is -1.06. The molecule has 2 amide bonds. The van der Waals surface area contributed by atoms with Gasteiger partial charge in [-0.05, 0) is 50.5 Å². The Labute approximate surface area is 171 Å². The lowest BCUT2D eigenvalue weighted by atomic mass is 10.0. The van der Waals surface area contributed by atoms with Crippen LogP contribution in [0.5, 0.6) is 0 Å². The van der Waals surface area contributed by atoms with Crippen LogP contribution < -0.4 is 15.6 Å². The second kappa shape index (κ2) is 9.67. The summed E-state index contributed by atoms with van der Waals surface area (Å²) < 4.78 is 27.7. The summed E-state index contributed by atoms with van der Waals surface area (Å²) >= 11 is 0. The summed E-state index contributed by atoms with van der Waals surface area (Å²) in [4.78, 5) is 24.8. The average Bonchev–Trinajstić information content (AvgIpc) is 2.65. The number of aryl methyl sites for hydroxylation is 2. The van der Waals surface area contributed by atoms with Crippen LogP contribution in [0.1, 0.15) is 41.8 Å². The van der Waals surface area contributed by atoms with E-state index in [1.165, 1.54) is 12.1 Å². The Morgan fingerprint density at radius 1 is 0.862 bits per heavy atom. The predicted octanol–water partition coefficient (Wildman–Crippen LogP) is 2.46. The van der Waals surface area contributed by atoms with E-state index in [1.807, 2.05) is 27.7 Å². The van der Waals surface area contributed by atoms with Gasteiger partial charge in [-0.1, -0.05) is 49.2 Å². The first-order chi connectivity index (χ1) is 13.6. The van der Waals surface area contributed by atoms with Crippen molar-refractivity contribution >= 4 is 21.8 Å². The number of sulfonamides is 1. The van der Waals surface area contributed by atoms with Crippen molar-refractivity contribution in [1.29, 1.82) is 0 Å². The van der Waals surface area contributed by atoms with Crippen molar-refractivity contribution in [3.05, 3.63) is 65.2 Å². The van der Waals surface area contributed by atoms with Crippen LogP contribution in [0.15, 0.2) is 53.4 Å². The van der Waals surface area contributed by atoms with E-state index in [4.69, 9.17) is 0 Å². The summed E-state index contributed by atoms with van der Waals surface area (Å²) in [5, 5.41) is 0. The maximum atomic E-state index is 12.7. The fourth-order valence-corrected chi connectivity index (χ4v) is 3.84. The molecule has 0 aliphatic carbocycles. The maximum absolute atomic E-state index is 12.7. The minimum absolute atomic E-state index is 0.0549. The van der Waals surface area contributed by atoms with Crippen molar-refractivity contribution in [1.82, 2.24) is 15.6 Å². The predicted molar refractivity (Wildman–Crippen MR) is 112 cm³/mol. The van der Waals surface area contributed by atoms with Crippen molar-refractivity contribution in [2.24, 2.45) is 5.92 Å². The average molecular weight is 418 g/mol. The molecule has 0 aliphatic heterocycles. The van der Waals surface area contributed by atoms with Crippen LogP contribution in [0.25, 0.3) is 0 Å². The van der Waals surface area contributed by atoms with Crippen molar-refractivity contribution < 1.29 is 18.0 Å². The van der Waals surface area contributed by atoms with Crippen LogP contribution in [0, 0.1) is 19.8 Å². The van der Waals surface area contributed by atoms with Crippen molar-refractivity contribution in [3.8, 4) is 0 Å². The quantitative estimate of drug-likeness (QED) is 0.602. The van der Waals surface area contributed by atoms with Gasteiger partial charge in [0.2, 0.25) is 10.0 Å². The molecule has 1 atom stereocenters. The number of nitrogens with one attached hydrogen (secondary N) is 3. The van der Waals surface area contributed by atoms with Crippen LogP contribution in [-0.4, -0.2) is 26.3 Å². The van der Waals surface area contributed by atoms with Gasteiger partial charge in [0, 0.05) is 5.56 Å². The highest BCUT2D eigenvalue weighted by molar-refractivity contribution is 7.89. The molecule has 0 aliphatic rings. The molecule has 0 spiro atoms. The van der Waals surface area contributed by atoms with E-state index in [0.717, 1.165) is 11.1 Å². The first-order valence-electron chi connectivity index (χ1n) is 9.34. The minimum atomic E-state index is -3.89. The first-order valence-corrected chi connectivity index (χ1v) is 10.8. The van der Waals surface area contributed by atoms with E-state index >= 15 is 0 Å². The molecule has 3 N–H and O–H groups in total. The van der Waals surface area contributed by atoms with E-state index in [-0.39, 0.29) is 17.2 Å². The van der Waals surface area contributed by atoms with Crippen LogP contribution in [0.4, 0.5) is 0 Å². The zero-order chi connectivity index (χ0) is 21.6. The summed E-state index contributed by atoms with van der Waals surface area (Å²) in [6.45, 7) is 7.52. The largest absolute Gasteiger partial charge is 0.271 e. The lowest BCUT2D eigenvalue weighted by molar-refractivity contribution is -0.123. The topological polar surface area (TPSA) is 104 Å². The number of amides is 2. The smallest absolute Gasteiger partial charge is 0.269 e. The van der Waals surface area contributed by atoms with Gasteiger partial charge in [0.1, 0.15) is 6.04 Å². The Morgan fingerprint density at radius 2 is 1.38 bits per heavy atom. The molecule has 2 aromatic carbocycles. The fourth-order valence-electron chi connectivity index (χ4n) is 2.64. The van der Waals surface area contributed by atoms with E-state index in [0.29, 0.717) is 5.56 Å². The number of carbonyl (C=O) groups excluding carboxylic acids is 2. The highest BCUT2D eigenvalue weighted by atomic mass is 32.2. The fraction of sp³-hybridized carbons (Fsp3) is 0.333. The van der Waals surface area contributed by atoms with Gasteiger partial charge in [-0.2, -0.15) is 4.72 Å². The third-order valence-electron chi connectivity index (χ3n) is 4.27. The Hall–Kier alpha value is -2.71. The molecule has 156 valence electrons. The highest BCUT2D eigenvalue weighted by Gasteiger charge is 2.27. The molecule has 7 nitrogen and oxygen atoms in total. The maximum Gasteiger partial charge on any atom is 0.269 e. The van der Waals surface area contributed by atoms with Gasteiger partial charge in [0.05, 0.1) is 4.90 Å². The molecule has 2 aromatic rings. The Bertz CT molecular complexity index is 952. The van der Waals surface area contributed by atoms with Crippen LogP contribution in [-0.2, 0) is 14.8 Å². The molecule has 0 aromatic heterocycles. The van der Waals surface area contributed by atoms with Gasteiger partial charge in [0.25, 0.3) is 11.8 Å². The lowest BCUT2D eigenvalue weighted by Crippen LogP contribution is -2.52. The van der Waals surface area contributed by atoms with Crippen LogP contribution in [0.3, 0.4) is 0 Å². The van der Waals surface area contributed by atoms with Crippen LogP contribution in [0.2, 0.25) is 0 Å². The van der Waals surface area contributed by atoms with Gasteiger partial charge in [-0.25, -0.2) is 8.42 Å². The normalized spacial score (nSPS) is 12.4. The number of hydrazine groups is 1. The minimum Gasteiger partial charge on any atom is -0.271 e. The Kier molecular flexibility index (Phi) is 7.53. The first kappa shape index (κ1) is 22.6.